The molecule has 0 spiro atoms. The maximum Gasteiger partial charge on any atom is 0.213 e. The molecule has 0 amide bonds. The van der Waals surface area contributed by atoms with Gasteiger partial charge in [0.2, 0.25) is 5.89 Å². The molecule has 0 aliphatic rings. The first-order valence-electron chi connectivity index (χ1n) is 7.95. The Morgan fingerprint density at radius 3 is 2.32 bits per heavy atom. The molecule has 7 heteroatoms. The van der Waals surface area contributed by atoms with E-state index >= 15 is 0 Å². The summed E-state index contributed by atoms with van der Waals surface area (Å²) in [4.78, 5) is 9.80. The molecule has 0 aliphatic carbocycles. The van der Waals surface area contributed by atoms with E-state index in [0.717, 1.165) is 11.7 Å². The summed E-state index contributed by atoms with van der Waals surface area (Å²) in [7, 11) is 1.75. The van der Waals surface area contributed by atoms with Gasteiger partial charge in [0.15, 0.2) is 5.96 Å². The van der Waals surface area contributed by atoms with Crippen molar-refractivity contribution < 1.29 is 4.42 Å². The Kier molecular flexibility index (Phi) is 8.78. The van der Waals surface area contributed by atoms with Crippen LogP contribution in [0.25, 0.3) is 0 Å². The average molecular weight is 474 g/mol. The minimum Gasteiger partial charge on any atom is -0.443 e. The summed E-state index contributed by atoms with van der Waals surface area (Å²) in [6.45, 7) is 7.53. The molecule has 1 aromatic heterocycles. The number of halogens is 1. The quantitative estimate of drug-likeness (QED) is 0.295. The number of oxazole rings is 1. The molecular formula is C18H27IN4OS. The van der Waals surface area contributed by atoms with Gasteiger partial charge >= 0.3 is 0 Å². The smallest absolute Gasteiger partial charge is 0.213 e. The van der Waals surface area contributed by atoms with Gasteiger partial charge in [0.05, 0.1) is 12.7 Å². The molecule has 2 N–H and O–H groups in total. The molecule has 0 aliphatic heterocycles. The molecule has 25 heavy (non-hydrogen) atoms. The maximum absolute atomic E-state index is 5.77. The highest BCUT2D eigenvalue weighted by Gasteiger charge is 2.19. The third kappa shape index (κ3) is 6.89. The van der Waals surface area contributed by atoms with Crippen LogP contribution in [0.4, 0.5) is 0 Å². The van der Waals surface area contributed by atoms with E-state index in [-0.39, 0.29) is 29.4 Å². The second kappa shape index (κ2) is 10.1. The summed E-state index contributed by atoms with van der Waals surface area (Å²) < 4.78 is 5.77. The molecule has 0 unspecified atom stereocenters. The number of aliphatic imine (C=N–C) groups is 1. The van der Waals surface area contributed by atoms with Gasteiger partial charge in [-0.1, -0.05) is 32.9 Å². The summed E-state index contributed by atoms with van der Waals surface area (Å²) in [5, 5.41) is 6.51. The number of nitrogens with zero attached hydrogens (tertiary/aromatic N) is 2. The van der Waals surface area contributed by atoms with Gasteiger partial charge in [-0.2, -0.15) is 0 Å². The van der Waals surface area contributed by atoms with Crippen LogP contribution >= 0.6 is 35.7 Å². The summed E-state index contributed by atoms with van der Waals surface area (Å²) in [6, 6.07) is 8.49. The molecule has 0 fully saturated rings. The van der Waals surface area contributed by atoms with Gasteiger partial charge in [-0.05, 0) is 24.0 Å². The lowest BCUT2D eigenvalue weighted by molar-refractivity contribution is 0.379. The van der Waals surface area contributed by atoms with Crippen molar-refractivity contribution in [1.29, 1.82) is 0 Å². The van der Waals surface area contributed by atoms with Crippen molar-refractivity contribution in [1.82, 2.24) is 15.6 Å². The van der Waals surface area contributed by atoms with E-state index in [1.165, 1.54) is 10.5 Å². The fourth-order valence-corrected chi connectivity index (χ4v) is 2.46. The molecule has 0 atom stereocenters. The first kappa shape index (κ1) is 21.8. The van der Waals surface area contributed by atoms with E-state index in [1.54, 1.807) is 25.0 Å². The molecule has 5 nitrogen and oxygen atoms in total. The first-order chi connectivity index (χ1) is 11.4. The van der Waals surface area contributed by atoms with Crippen molar-refractivity contribution in [2.45, 2.75) is 44.2 Å². The summed E-state index contributed by atoms with van der Waals surface area (Å²) >= 11 is 1.74. The minimum absolute atomic E-state index is 0. The molecule has 0 radical (unpaired) electrons. The van der Waals surface area contributed by atoms with Crippen LogP contribution < -0.4 is 10.6 Å². The van der Waals surface area contributed by atoms with E-state index in [4.69, 9.17) is 4.42 Å². The van der Waals surface area contributed by atoms with E-state index in [2.05, 4.69) is 71.9 Å². The van der Waals surface area contributed by atoms with Gasteiger partial charge in [0.1, 0.15) is 5.76 Å². The Labute approximate surface area is 171 Å². The number of hydrogen-bond acceptors (Lipinski definition) is 4. The molecule has 2 aromatic rings. The third-order valence-electron chi connectivity index (χ3n) is 3.54. The number of guanidine groups is 1. The number of benzene rings is 1. The highest BCUT2D eigenvalue weighted by Crippen LogP contribution is 2.22. The summed E-state index contributed by atoms with van der Waals surface area (Å²) in [6.07, 6.45) is 3.87. The first-order valence-corrected chi connectivity index (χ1v) is 9.17. The van der Waals surface area contributed by atoms with Crippen molar-refractivity contribution in [3.63, 3.8) is 0 Å². The molecule has 138 valence electrons. The van der Waals surface area contributed by atoms with Crippen molar-refractivity contribution in [2.75, 3.05) is 13.3 Å². The highest BCUT2D eigenvalue weighted by molar-refractivity contribution is 14.0. The zero-order chi connectivity index (χ0) is 17.6. The number of hydrogen-bond donors (Lipinski definition) is 2. The molecule has 1 aromatic carbocycles. The second-order valence-corrected chi connectivity index (χ2v) is 7.38. The van der Waals surface area contributed by atoms with Crippen LogP contribution in [0.3, 0.4) is 0 Å². The fraction of sp³-hybridized carbons (Fsp3) is 0.444. The van der Waals surface area contributed by atoms with Gasteiger partial charge in [0.25, 0.3) is 0 Å². The van der Waals surface area contributed by atoms with Gasteiger partial charge in [0, 0.05) is 23.9 Å². The highest BCUT2D eigenvalue weighted by atomic mass is 127. The predicted molar refractivity (Wildman–Crippen MR) is 116 cm³/mol. The minimum atomic E-state index is -0.0336. The summed E-state index contributed by atoms with van der Waals surface area (Å²) in [5.41, 5.74) is 1.18. The van der Waals surface area contributed by atoms with Gasteiger partial charge in [-0.15, -0.1) is 35.7 Å². The lowest BCUT2D eigenvalue weighted by Gasteiger charge is -2.13. The van der Waals surface area contributed by atoms with Crippen LogP contribution in [0, 0.1) is 0 Å². The van der Waals surface area contributed by atoms with Crippen molar-refractivity contribution in [3.8, 4) is 0 Å². The lowest BCUT2D eigenvalue weighted by Crippen LogP contribution is -2.36. The SMILES string of the molecule is CN=C(NCc1ccc(SC)cc1)NCc1ncc(C(C)(C)C)o1.I. The van der Waals surface area contributed by atoms with Crippen molar-refractivity contribution in [3.05, 3.63) is 47.7 Å². The monoisotopic (exact) mass is 474 g/mol. The Bertz CT molecular complexity index is 677. The Morgan fingerprint density at radius 2 is 1.80 bits per heavy atom. The van der Waals surface area contributed by atoms with Gasteiger partial charge in [-0.25, -0.2) is 4.98 Å². The predicted octanol–water partition coefficient (Wildman–Crippen LogP) is 4.18. The second-order valence-electron chi connectivity index (χ2n) is 6.50. The number of thioether (sulfide) groups is 1. The van der Waals surface area contributed by atoms with Crippen molar-refractivity contribution >= 4 is 41.7 Å². The average Bonchev–Trinajstić information content (AvgIpc) is 3.05. The summed E-state index contributed by atoms with van der Waals surface area (Å²) in [5.74, 6) is 2.27. The Hall–Kier alpha value is -1.22. The van der Waals surface area contributed by atoms with Crippen LogP contribution in [-0.2, 0) is 18.5 Å². The van der Waals surface area contributed by atoms with E-state index in [9.17, 15) is 0 Å². The molecule has 1 heterocycles. The Balaban J connectivity index is 0.00000312. The lowest BCUT2D eigenvalue weighted by atomic mass is 9.94. The van der Waals surface area contributed by atoms with Crippen LogP contribution in [0.15, 0.2) is 44.8 Å². The number of rotatable bonds is 5. The number of aromatic nitrogens is 1. The fourth-order valence-electron chi connectivity index (χ4n) is 2.05. The van der Waals surface area contributed by atoms with E-state index in [1.807, 2.05) is 0 Å². The van der Waals surface area contributed by atoms with E-state index in [0.29, 0.717) is 19.0 Å². The zero-order valence-electron chi connectivity index (χ0n) is 15.4. The molecule has 0 saturated heterocycles. The topological polar surface area (TPSA) is 62.5 Å². The largest absolute Gasteiger partial charge is 0.443 e. The zero-order valence-corrected chi connectivity index (χ0v) is 18.6. The maximum atomic E-state index is 5.77. The van der Waals surface area contributed by atoms with Crippen LogP contribution in [-0.4, -0.2) is 24.2 Å². The molecule has 0 bridgehead atoms. The normalized spacial score (nSPS) is 11.8. The molecule has 0 saturated carbocycles. The standard InChI is InChI=1S/C18H26N4OS.HI/c1-18(2,3)15-11-20-16(23-15)12-22-17(19-4)21-10-13-6-8-14(24-5)9-7-13;/h6-9,11H,10,12H2,1-5H3,(H2,19,21,22);1H. The van der Waals surface area contributed by atoms with Crippen LogP contribution in [0.2, 0.25) is 0 Å². The molecule has 2 rings (SSSR count). The third-order valence-corrected chi connectivity index (χ3v) is 4.29. The van der Waals surface area contributed by atoms with E-state index < -0.39 is 0 Å². The van der Waals surface area contributed by atoms with Crippen LogP contribution in [0.5, 0.6) is 0 Å². The molecular weight excluding hydrogens is 447 g/mol. The van der Waals surface area contributed by atoms with Crippen molar-refractivity contribution in [2.24, 2.45) is 4.99 Å². The van der Waals surface area contributed by atoms with Crippen LogP contribution in [0.1, 0.15) is 38.0 Å². The van der Waals surface area contributed by atoms with Gasteiger partial charge < -0.3 is 15.1 Å². The number of nitrogens with one attached hydrogen (secondary N) is 2. The Morgan fingerprint density at radius 1 is 1.16 bits per heavy atom. The van der Waals surface area contributed by atoms with Gasteiger partial charge in [-0.3, -0.25) is 4.99 Å².